The summed E-state index contributed by atoms with van der Waals surface area (Å²) in [6.45, 7) is 0. The Bertz CT molecular complexity index is 611. The molecule has 0 radical (unpaired) electrons. The molecule has 0 saturated heterocycles. The van der Waals surface area contributed by atoms with Crippen molar-refractivity contribution in [1.29, 1.82) is 0 Å². The number of hydrogen-bond acceptors (Lipinski definition) is 4. The van der Waals surface area contributed by atoms with Crippen LogP contribution in [0.3, 0.4) is 0 Å². The molecule has 0 aromatic heterocycles. The number of nitro groups is 1. The van der Waals surface area contributed by atoms with E-state index < -0.39 is 22.3 Å². The number of benzene rings is 1. The van der Waals surface area contributed by atoms with E-state index in [2.05, 4.69) is 5.32 Å². The van der Waals surface area contributed by atoms with Gasteiger partial charge in [0, 0.05) is 6.07 Å². The van der Waals surface area contributed by atoms with Crippen molar-refractivity contribution < 1.29 is 19.6 Å². The molecule has 21 heavy (non-hydrogen) atoms. The SMILES string of the molecule is O=C(NC1(C(=O)O)CCCC1)c1cccc([N+](=O)[O-])c1Cl. The van der Waals surface area contributed by atoms with Crippen molar-refractivity contribution in [2.24, 2.45) is 0 Å². The highest BCUT2D eigenvalue weighted by Crippen LogP contribution is 2.32. The lowest BCUT2D eigenvalue weighted by molar-refractivity contribution is -0.384. The van der Waals surface area contributed by atoms with Crippen LogP contribution in [0.2, 0.25) is 5.02 Å². The summed E-state index contributed by atoms with van der Waals surface area (Å²) < 4.78 is 0. The van der Waals surface area contributed by atoms with Crippen molar-refractivity contribution in [3.8, 4) is 0 Å². The largest absolute Gasteiger partial charge is 0.480 e. The number of hydrogen-bond donors (Lipinski definition) is 2. The summed E-state index contributed by atoms with van der Waals surface area (Å²) in [5.41, 5.74) is -1.80. The Morgan fingerprint density at radius 3 is 2.48 bits per heavy atom. The second-order valence-electron chi connectivity index (χ2n) is 4.94. The predicted molar refractivity (Wildman–Crippen MR) is 74.4 cm³/mol. The molecule has 7 nitrogen and oxygen atoms in total. The Labute approximate surface area is 125 Å². The average molecular weight is 313 g/mol. The lowest BCUT2D eigenvalue weighted by atomic mass is 9.97. The highest BCUT2D eigenvalue weighted by molar-refractivity contribution is 6.35. The number of aliphatic carboxylic acids is 1. The molecule has 1 saturated carbocycles. The fourth-order valence-corrected chi connectivity index (χ4v) is 2.77. The van der Waals surface area contributed by atoms with Crippen LogP contribution in [-0.4, -0.2) is 27.4 Å². The fourth-order valence-electron chi connectivity index (χ4n) is 2.49. The summed E-state index contributed by atoms with van der Waals surface area (Å²) in [5, 5.41) is 22.3. The third-order valence-corrected chi connectivity index (χ3v) is 4.04. The van der Waals surface area contributed by atoms with Crippen LogP contribution in [0.4, 0.5) is 5.69 Å². The van der Waals surface area contributed by atoms with Crippen LogP contribution < -0.4 is 5.32 Å². The average Bonchev–Trinajstić information content (AvgIpc) is 2.88. The van der Waals surface area contributed by atoms with Gasteiger partial charge in [0.2, 0.25) is 0 Å². The van der Waals surface area contributed by atoms with Crippen molar-refractivity contribution in [2.75, 3.05) is 0 Å². The van der Waals surface area contributed by atoms with E-state index in [0.717, 1.165) is 0 Å². The molecule has 0 heterocycles. The molecular weight excluding hydrogens is 300 g/mol. The summed E-state index contributed by atoms with van der Waals surface area (Å²) in [7, 11) is 0. The maximum absolute atomic E-state index is 12.2. The van der Waals surface area contributed by atoms with E-state index in [1.54, 1.807) is 0 Å². The van der Waals surface area contributed by atoms with Gasteiger partial charge in [-0.25, -0.2) is 4.79 Å². The molecule has 2 rings (SSSR count). The summed E-state index contributed by atoms with van der Waals surface area (Å²) >= 11 is 5.86. The molecule has 1 aromatic rings. The second kappa shape index (κ2) is 5.69. The Balaban J connectivity index is 2.31. The number of carbonyl (C=O) groups excluding carboxylic acids is 1. The van der Waals surface area contributed by atoms with Gasteiger partial charge in [-0.1, -0.05) is 30.5 Å². The molecule has 1 aromatic carbocycles. The Morgan fingerprint density at radius 1 is 1.33 bits per heavy atom. The fraction of sp³-hybridized carbons (Fsp3) is 0.385. The minimum Gasteiger partial charge on any atom is -0.480 e. The molecule has 0 bridgehead atoms. The number of carbonyl (C=O) groups is 2. The van der Waals surface area contributed by atoms with Crippen molar-refractivity contribution in [3.05, 3.63) is 38.9 Å². The summed E-state index contributed by atoms with van der Waals surface area (Å²) in [6, 6.07) is 3.85. The van der Waals surface area contributed by atoms with Gasteiger partial charge >= 0.3 is 5.97 Å². The number of nitro benzene ring substituents is 1. The quantitative estimate of drug-likeness (QED) is 0.655. The van der Waals surface area contributed by atoms with Crippen LogP contribution in [0, 0.1) is 10.1 Å². The van der Waals surface area contributed by atoms with Crippen LogP contribution >= 0.6 is 11.6 Å². The van der Waals surface area contributed by atoms with E-state index >= 15 is 0 Å². The standard InChI is InChI=1S/C13H13ClN2O5/c14-10-8(4-3-5-9(10)16(20)21)11(17)15-13(12(18)19)6-1-2-7-13/h3-5H,1-2,6-7H2,(H,15,17)(H,18,19). The lowest BCUT2D eigenvalue weighted by Gasteiger charge is -2.25. The van der Waals surface area contributed by atoms with E-state index in [-0.39, 0.29) is 16.3 Å². The van der Waals surface area contributed by atoms with Crippen molar-refractivity contribution >= 4 is 29.2 Å². The van der Waals surface area contributed by atoms with E-state index in [4.69, 9.17) is 11.6 Å². The second-order valence-corrected chi connectivity index (χ2v) is 5.32. The van der Waals surface area contributed by atoms with Crippen LogP contribution in [0.1, 0.15) is 36.0 Å². The molecular formula is C13H13ClN2O5. The molecule has 1 fully saturated rings. The number of amides is 1. The van der Waals surface area contributed by atoms with Crippen LogP contribution in [0.5, 0.6) is 0 Å². The number of halogens is 1. The third kappa shape index (κ3) is 2.82. The van der Waals surface area contributed by atoms with Gasteiger partial charge in [-0.2, -0.15) is 0 Å². The molecule has 0 atom stereocenters. The first-order valence-corrected chi connectivity index (χ1v) is 6.74. The first kappa shape index (κ1) is 15.2. The van der Waals surface area contributed by atoms with Crippen molar-refractivity contribution in [1.82, 2.24) is 5.32 Å². The lowest BCUT2D eigenvalue weighted by Crippen LogP contribution is -2.52. The molecule has 0 unspecified atom stereocenters. The minimum absolute atomic E-state index is 0.0987. The highest BCUT2D eigenvalue weighted by atomic mass is 35.5. The van der Waals surface area contributed by atoms with E-state index in [1.165, 1.54) is 18.2 Å². The van der Waals surface area contributed by atoms with Crippen LogP contribution in [0.15, 0.2) is 18.2 Å². The molecule has 1 aliphatic rings. The first-order valence-electron chi connectivity index (χ1n) is 6.36. The molecule has 2 N–H and O–H groups in total. The van der Waals surface area contributed by atoms with Crippen LogP contribution in [0.25, 0.3) is 0 Å². The number of carboxylic acid groups (broad SMARTS) is 1. The van der Waals surface area contributed by atoms with E-state index in [1.807, 2.05) is 0 Å². The van der Waals surface area contributed by atoms with E-state index in [9.17, 15) is 24.8 Å². The maximum Gasteiger partial charge on any atom is 0.329 e. The number of nitrogens with zero attached hydrogens (tertiary/aromatic N) is 1. The third-order valence-electron chi connectivity index (χ3n) is 3.64. The Morgan fingerprint density at radius 2 is 1.95 bits per heavy atom. The van der Waals surface area contributed by atoms with Crippen LogP contribution in [-0.2, 0) is 4.79 Å². The van der Waals surface area contributed by atoms with Gasteiger partial charge in [0.25, 0.3) is 11.6 Å². The smallest absolute Gasteiger partial charge is 0.329 e. The molecule has 1 amide bonds. The topological polar surface area (TPSA) is 110 Å². The molecule has 0 spiro atoms. The molecule has 1 aliphatic carbocycles. The summed E-state index contributed by atoms with van der Waals surface area (Å²) in [5.74, 6) is -1.82. The molecule has 8 heteroatoms. The zero-order chi connectivity index (χ0) is 15.6. The summed E-state index contributed by atoms with van der Waals surface area (Å²) in [4.78, 5) is 33.7. The molecule has 112 valence electrons. The normalized spacial score (nSPS) is 16.4. The van der Waals surface area contributed by atoms with Gasteiger partial charge in [-0.05, 0) is 18.9 Å². The number of carboxylic acids is 1. The van der Waals surface area contributed by atoms with Crippen molar-refractivity contribution in [2.45, 2.75) is 31.2 Å². The first-order chi connectivity index (χ1) is 9.87. The molecule has 0 aliphatic heterocycles. The van der Waals surface area contributed by atoms with Crippen molar-refractivity contribution in [3.63, 3.8) is 0 Å². The zero-order valence-electron chi connectivity index (χ0n) is 11.0. The van der Waals surface area contributed by atoms with E-state index in [0.29, 0.717) is 25.7 Å². The monoisotopic (exact) mass is 312 g/mol. The Kier molecular flexibility index (Phi) is 4.13. The summed E-state index contributed by atoms with van der Waals surface area (Å²) in [6.07, 6.45) is 2.08. The minimum atomic E-state index is -1.31. The van der Waals surface area contributed by atoms with Gasteiger partial charge in [0.1, 0.15) is 10.6 Å². The zero-order valence-corrected chi connectivity index (χ0v) is 11.7. The van der Waals surface area contributed by atoms with Gasteiger partial charge in [-0.3, -0.25) is 14.9 Å². The number of nitrogens with one attached hydrogen (secondary N) is 1. The highest BCUT2D eigenvalue weighted by Gasteiger charge is 2.43. The Hall–Kier alpha value is -2.15. The van der Waals surface area contributed by atoms with Gasteiger partial charge < -0.3 is 10.4 Å². The van der Waals surface area contributed by atoms with Gasteiger partial charge in [0.05, 0.1) is 10.5 Å². The predicted octanol–water partition coefficient (Wildman–Crippen LogP) is 2.38. The number of rotatable bonds is 4. The van der Waals surface area contributed by atoms with Gasteiger partial charge in [-0.15, -0.1) is 0 Å². The maximum atomic E-state index is 12.2. The van der Waals surface area contributed by atoms with Gasteiger partial charge in [0.15, 0.2) is 0 Å².